The number of benzene rings is 1. The van der Waals surface area contributed by atoms with Gasteiger partial charge in [-0.05, 0) is 38.8 Å². The summed E-state index contributed by atoms with van der Waals surface area (Å²) in [4.78, 5) is 16.0. The van der Waals surface area contributed by atoms with Gasteiger partial charge in [0.2, 0.25) is 5.89 Å². The molecule has 0 bridgehead atoms. The zero-order valence-electron chi connectivity index (χ0n) is 13.4. The number of carbonyl (C=O) groups is 1. The van der Waals surface area contributed by atoms with Crippen LogP contribution in [0.2, 0.25) is 0 Å². The molecule has 2 N–H and O–H groups in total. The first-order valence-electron chi connectivity index (χ1n) is 7.36. The van der Waals surface area contributed by atoms with Crippen molar-refractivity contribution in [2.45, 2.75) is 40.2 Å². The number of aromatic nitrogens is 2. The quantitative estimate of drug-likeness (QED) is 0.889. The van der Waals surface area contributed by atoms with Gasteiger partial charge in [-0.2, -0.15) is 4.98 Å². The van der Waals surface area contributed by atoms with E-state index in [-0.39, 0.29) is 12.1 Å². The highest BCUT2D eigenvalue weighted by molar-refractivity contribution is 5.74. The van der Waals surface area contributed by atoms with Crippen molar-refractivity contribution >= 4 is 6.03 Å². The predicted octanol–water partition coefficient (Wildman–Crippen LogP) is 2.60. The Morgan fingerprint density at radius 1 is 1.32 bits per heavy atom. The number of rotatable bonds is 5. The van der Waals surface area contributed by atoms with Crippen LogP contribution >= 0.6 is 0 Å². The number of aryl methyl sites for hydroxylation is 3. The van der Waals surface area contributed by atoms with E-state index in [4.69, 9.17) is 4.52 Å². The third kappa shape index (κ3) is 4.31. The molecule has 6 nitrogen and oxygen atoms in total. The second kappa shape index (κ2) is 7.06. The lowest BCUT2D eigenvalue weighted by Crippen LogP contribution is -2.38. The number of nitrogens with one attached hydrogen (secondary N) is 2. The fourth-order valence-electron chi connectivity index (χ4n) is 2.28. The Kier molecular flexibility index (Phi) is 5.14. The number of urea groups is 1. The molecule has 0 saturated heterocycles. The van der Waals surface area contributed by atoms with E-state index in [0.29, 0.717) is 24.7 Å². The third-order valence-corrected chi connectivity index (χ3v) is 3.44. The molecule has 6 heteroatoms. The standard InChI is InChI=1S/C16H22N4O2/c1-10-5-6-11(2)14(9-10)12(3)18-16(21)17-8-7-15-19-13(4)20-22-15/h5-6,9,12H,7-8H2,1-4H3,(H2,17,18,21)/t12-/m0/s1. The fourth-order valence-corrected chi connectivity index (χ4v) is 2.28. The summed E-state index contributed by atoms with van der Waals surface area (Å²) in [6.07, 6.45) is 0.520. The number of hydrogen-bond acceptors (Lipinski definition) is 4. The SMILES string of the molecule is Cc1ccc(C)c([C@H](C)NC(=O)NCCc2nc(C)no2)c1. The van der Waals surface area contributed by atoms with Crippen LogP contribution in [0.15, 0.2) is 22.7 Å². The summed E-state index contributed by atoms with van der Waals surface area (Å²) in [5, 5.41) is 9.44. The van der Waals surface area contributed by atoms with Crippen LogP contribution in [-0.4, -0.2) is 22.7 Å². The number of nitrogens with zero attached hydrogens (tertiary/aromatic N) is 2. The van der Waals surface area contributed by atoms with Crippen LogP contribution in [0.1, 0.15) is 41.4 Å². The first kappa shape index (κ1) is 16.0. The first-order chi connectivity index (χ1) is 10.5. The Morgan fingerprint density at radius 3 is 2.77 bits per heavy atom. The topological polar surface area (TPSA) is 80.0 Å². The van der Waals surface area contributed by atoms with E-state index >= 15 is 0 Å². The van der Waals surface area contributed by atoms with Gasteiger partial charge in [-0.25, -0.2) is 4.79 Å². The molecule has 0 radical (unpaired) electrons. The summed E-state index contributed by atoms with van der Waals surface area (Å²) >= 11 is 0. The molecule has 0 spiro atoms. The van der Waals surface area contributed by atoms with E-state index in [0.717, 1.165) is 5.56 Å². The molecule has 0 aliphatic carbocycles. The van der Waals surface area contributed by atoms with Crippen molar-refractivity contribution in [3.63, 3.8) is 0 Å². The van der Waals surface area contributed by atoms with Crippen molar-refractivity contribution in [2.75, 3.05) is 6.54 Å². The Hall–Kier alpha value is -2.37. The minimum atomic E-state index is -0.204. The maximum atomic E-state index is 11.9. The van der Waals surface area contributed by atoms with Crippen molar-refractivity contribution in [2.24, 2.45) is 0 Å². The zero-order chi connectivity index (χ0) is 16.1. The molecule has 118 valence electrons. The average Bonchev–Trinajstić information content (AvgIpc) is 2.87. The Bertz CT molecular complexity index is 651. The summed E-state index contributed by atoms with van der Waals surface area (Å²) < 4.78 is 4.99. The second-order valence-electron chi connectivity index (χ2n) is 5.47. The molecule has 0 saturated carbocycles. The Balaban J connectivity index is 1.82. The van der Waals surface area contributed by atoms with Gasteiger partial charge in [-0.3, -0.25) is 0 Å². The van der Waals surface area contributed by atoms with Gasteiger partial charge in [0.1, 0.15) is 0 Å². The number of carbonyl (C=O) groups excluding carboxylic acids is 1. The zero-order valence-corrected chi connectivity index (χ0v) is 13.4. The van der Waals surface area contributed by atoms with Gasteiger partial charge in [0, 0.05) is 13.0 Å². The summed E-state index contributed by atoms with van der Waals surface area (Å²) in [7, 11) is 0. The van der Waals surface area contributed by atoms with Crippen LogP contribution in [-0.2, 0) is 6.42 Å². The lowest BCUT2D eigenvalue weighted by Gasteiger charge is -2.17. The minimum absolute atomic E-state index is 0.0504. The Morgan fingerprint density at radius 2 is 2.09 bits per heavy atom. The van der Waals surface area contributed by atoms with Crippen LogP contribution in [0.3, 0.4) is 0 Å². The van der Waals surface area contributed by atoms with E-state index in [1.807, 2.05) is 20.8 Å². The van der Waals surface area contributed by atoms with Crippen molar-refractivity contribution in [1.29, 1.82) is 0 Å². The van der Waals surface area contributed by atoms with Gasteiger partial charge >= 0.3 is 6.03 Å². The van der Waals surface area contributed by atoms with Crippen LogP contribution in [0.25, 0.3) is 0 Å². The summed E-state index contributed by atoms with van der Waals surface area (Å²) in [6.45, 7) is 8.28. The molecule has 0 aliphatic rings. The van der Waals surface area contributed by atoms with E-state index in [2.05, 4.69) is 39.0 Å². The maximum absolute atomic E-state index is 11.9. The van der Waals surface area contributed by atoms with Gasteiger partial charge in [-0.1, -0.05) is 28.9 Å². The smallest absolute Gasteiger partial charge is 0.315 e. The fraction of sp³-hybridized carbons (Fsp3) is 0.438. The van der Waals surface area contributed by atoms with E-state index in [9.17, 15) is 4.79 Å². The molecular formula is C16H22N4O2. The molecule has 1 aromatic heterocycles. The van der Waals surface area contributed by atoms with Gasteiger partial charge in [0.25, 0.3) is 0 Å². The lowest BCUT2D eigenvalue weighted by atomic mass is 10.0. The van der Waals surface area contributed by atoms with Crippen LogP contribution in [0.4, 0.5) is 4.79 Å². The highest BCUT2D eigenvalue weighted by atomic mass is 16.5. The van der Waals surface area contributed by atoms with Crippen molar-refractivity contribution in [1.82, 2.24) is 20.8 Å². The molecule has 1 aromatic carbocycles. The molecule has 22 heavy (non-hydrogen) atoms. The van der Waals surface area contributed by atoms with Crippen molar-refractivity contribution in [3.05, 3.63) is 46.6 Å². The third-order valence-electron chi connectivity index (χ3n) is 3.44. The normalized spacial score (nSPS) is 12.0. The van der Waals surface area contributed by atoms with E-state index in [1.54, 1.807) is 6.92 Å². The highest BCUT2D eigenvalue weighted by Gasteiger charge is 2.12. The van der Waals surface area contributed by atoms with Crippen LogP contribution < -0.4 is 10.6 Å². The maximum Gasteiger partial charge on any atom is 0.315 e. The summed E-state index contributed by atoms with van der Waals surface area (Å²) in [5.41, 5.74) is 3.48. The molecule has 1 heterocycles. The predicted molar refractivity (Wildman–Crippen MR) is 83.6 cm³/mol. The average molecular weight is 302 g/mol. The second-order valence-corrected chi connectivity index (χ2v) is 5.47. The summed E-state index contributed by atoms with van der Waals surface area (Å²) in [6, 6.07) is 5.98. The van der Waals surface area contributed by atoms with E-state index in [1.165, 1.54) is 11.1 Å². The van der Waals surface area contributed by atoms with Gasteiger partial charge < -0.3 is 15.2 Å². The molecule has 0 unspecified atom stereocenters. The van der Waals surface area contributed by atoms with Gasteiger partial charge in [-0.15, -0.1) is 0 Å². The molecule has 0 fully saturated rings. The molecular weight excluding hydrogens is 280 g/mol. The number of hydrogen-bond donors (Lipinski definition) is 2. The largest absolute Gasteiger partial charge is 0.339 e. The van der Waals surface area contributed by atoms with Gasteiger partial charge in [0.15, 0.2) is 5.82 Å². The molecule has 2 amide bonds. The monoisotopic (exact) mass is 302 g/mol. The Labute approximate surface area is 130 Å². The van der Waals surface area contributed by atoms with Crippen molar-refractivity contribution in [3.8, 4) is 0 Å². The minimum Gasteiger partial charge on any atom is -0.339 e. The summed E-state index contributed by atoms with van der Waals surface area (Å²) in [5.74, 6) is 1.13. The van der Waals surface area contributed by atoms with Crippen LogP contribution in [0, 0.1) is 20.8 Å². The van der Waals surface area contributed by atoms with Gasteiger partial charge in [0.05, 0.1) is 6.04 Å². The molecule has 2 aromatic rings. The lowest BCUT2D eigenvalue weighted by molar-refractivity contribution is 0.237. The molecule has 0 aliphatic heterocycles. The first-order valence-corrected chi connectivity index (χ1v) is 7.36. The highest BCUT2D eigenvalue weighted by Crippen LogP contribution is 2.18. The van der Waals surface area contributed by atoms with E-state index < -0.39 is 0 Å². The molecule has 2 rings (SSSR count). The van der Waals surface area contributed by atoms with Crippen LogP contribution in [0.5, 0.6) is 0 Å². The number of amides is 2. The molecule has 1 atom stereocenters. The van der Waals surface area contributed by atoms with Crippen molar-refractivity contribution < 1.29 is 9.32 Å².